The number of carbonyl (C=O) groups is 2. The second-order valence-corrected chi connectivity index (χ2v) is 8.48. The van der Waals surface area contributed by atoms with Gasteiger partial charge < -0.3 is 10.4 Å². The molecule has 9 heteroatoms. The highest BCUT2D eigenvalue weighted by atomic mass is 32.2. The fourth-order valence-corrected chi connectivity index (χ4v) is 4.65. The van der Waals surface area contributed by atoms with Gasteiger partial charge in [-0.15, -0.1) is 11.8 Å². The molecule has 4 nitrogen and oxygen atoms in total. The highest BCUT2D eigenvalue weighted by molar-refractivity contribution is 8.00. The van der Waals surface area contributed by atoms with Crippen LogP contribution >= 0.6 is 11.8 Å². The Hall–Kier alpha value is -2.55. The molecule has 0 bridgehead atoms. The van der Waals surface area contributed by atoms with E-state index in [0.29, 0.717) is 31.4 Å². The molecule has 0 aromatic heterocycles. The zero-order chi connectivity index (χ0) is 21.8. The number of amides is 1. The molecule has 1 aliphatic rings. The molecular formula is C21H19F4NO3S. The van der Waals surface area contributed by atoms with Gasteiger partial charge in [-0.3, -0.25) is 9.59 Å². The Bertz CT molecular complexity index is 946. The number of thioether (sulfide) groups is 1. The lowest BCUT2D eigenvalue weighted by Gasteiger charge is -2.15. The molecule has 0 spiro atoms. The van der Waals surface area contributed by atoms with E-state index in [1.54, 1.807) is 0 Å². The van der Waals surface area contributed by atoms with Crippen molar-refractivity contribution in [3.63, 3.8) is 0 Å². The Morgan fingerprint density at radius 3 is 2.30 bits per heavy atom. The first-order valence-electron chi connectivity index (χ1n) is 9.39. The summed E-state index contributed by atoms with van der Waals surface area (Å²) in [5.74, 6) is -6.97. The van der Waals surface area contributed by atoms with E-state index in [2.05, 4.69) is 5.32 Å². The molecule has 1 fully saturated rings. The summed E-state index contributed by atoms with van der Waals surface area (Å²) in [5, 5.41) is 11.5. The van der Waals surface area contributed by atoms with E-state index < -0.39 is 41.1 Å². The van der Waals surface area contributed by atoms with Crippen molar-refractivity contribution in [1.29, 1.82) is 0 Å². The van der Waals surface area contributed by atoms with Gasteiger partial charge in [-0.2, -0.15) is 0 Å². The minimum absolute atomic E-state index is 0.0162. The molecule has 1 amide bonds. The smallest absolute Gasteiger partial charge is 0.306 e. The van der Waals surface area contributed by atoms with Crippen LogP contribution in [0.5, 0.6) is 0 Å². The fourth-order valence-electron chi connectivity index (χ4n) is 3.38. The average molecular weight is 441 g/mol. The van der Waals surface area contributed by atoms with Gasteiger partial charge in [0.1, 0.15) is 5.82 Å². The number of nitrogens with one attached hydrogen (secondary N) is 1. The first-order valence-corrected chi connectivity index (χ1v) is 10.3. The molecule has 0 aliphatic heterocycles. The molecule has 30 heavy (non-hydrogen) atoms. The van der Waals surface area contributed by atoms with E-state index in [1.807, 2.05) is 0 Å². The zero-order valence-corrected chi connectivity index (χ0v) is 16.6. The van der Waals surface area contributed by atoms with Gasteiger partial charge in [-0.1, -0.05) is 6.42 Å². The van der Waals surface area contributed by atoms with E-state index in [9.17, 15) is 32.3 Å². The number of carboxylic acids is 1. The van der Waals surface area contributed by atoms with Crippen molar-refractivity contribution in [2.45, 2.75) is 42.2 Å². The Kier molecular flexibility index (Phi) is 7.02. The molecule has 2 unspecified atom stereocenters. The minimum atomic E-state index is -1.64. The number of halogens is 4. The van der Waals surface area contributed by atoms with Crippen molar-refractivity contribution in [2.75, 3.05) is 5.32 Å². The number of carbonyl (C=O) groups excluding carboxylic acids is 1. The number of carboxylic acid groups (broad SMARTS) is 1. The van der Waals surface area contributed by atoms with Crippen LogP contribution in [0.25, 0.3) is 0 Å². The number of benzene rings is 2. The topological polar surface area (TPSA) is 66.4 Å². The van der Waals surface area contributed by atoms with Crippen LogP contribution in [-0.2, 0) is 4.79 Å². The molecule has 3 rings (SSSR count). The number of hydrogen-bond donors (Lipinski definition) is 2. The highest BCUT2D eigenvalue weighted by Gasteiger charge is 2.25. The van der Waals surface area contributed by atoms with Gasteiger partial charge in [-0.25, -0.2) is 17.6 Å². The van der Waals surface area contributed by atoms with E-state index in [-0.39, 0.29) is 21.4 Å². The fraction of sp³-hybridized carbons (Fsp3) is 0.333. The second kappa shape index (κ2) is 9.51. The van der Waals surface area contributed by atoms with Crippen molar-refractivity contribution in [2.24, 2.45) is 5.92 Å². The van der Waals surface area contributed by atoms with Gasteiger partial charge in [0.25, 0.3) is 5.91 Å². The Labute approximate surface area is 174 Å². The SMILES string of the molecule is O=C(Nc1cc(F)c(F)c(F)c1)c1ccc(F)c(SC2CCCC(C(=O)O)CC2)c1. The predicted octanol–water partition coefficient (Wildman–Crippen LogP) is 5.62. The maximum atomic E-state index is 14.3. The molecule has 2 atom stereocenters. The predicted molar refractivity (Wildman–Crippen MR) is 105 cm³/mol. The quantitative estimate of drug-likeness (QED) is 0.359. The van der Waals surface area contributed by atoms with Crippen LogP contribution < -0.4 is 5.32 Å². The minimum Gasteiger partial charge on any atom is -0.481 e. The van der Waals surface area contributed by atoms with E-state index in [1.165, 1.54) is 23.9 Å². The van der Waals surface area contributed by atoms with Crippen molar-refractivity contribution in [1.82, 2.24) is 0 Å². The monoisotopic (exact) mass is 441 g/mol. The van der Waals surface area contributed by atoms with Gasteiger partial charge in [0.15, 0.2) is 17.5 Å². The van der Waals surface area contributed by atoms with Crippen LogP contribution in [0.3, 0.4) is 0 Å². The normalized spacial score (nSPS) is 19.2. The summed E-state index contributed by atoms with van der Waals surface area (Å²) in [4.78, 5) is 23.8. The zero-order valence-electron chi connectivity index (χ0n) is 15.8. The standard InChI is InChI=1S/C21H19F4NO3S/c22-15-7-5-12(20(27)26-13-9-16(23)19(25)17(24)10-13)8-18(15)30-14-3-1-2-11(4-6-14)21(28)29/h5,7-11,14H,1-4,6H2,(H,26,27)(H,28,29). The van der Waals surface area contributed by atoms with Crippen LogP contribution in [0.4, 0.5) is 23.2 Å². The Morgan fingerprint density at radius 1 is 0.933 bits per heavy atom. The lowest BCUT2D eigenvalue weighted by Crippen LogP contribution is -2.13. The van der Waals surface area contributed by atoms with Crippen LogP contribution in [0.1, 0.15) is 42.5 Å². The summed E-state index contributed by atoms with van der Waals surface area (Å²) < 4.78 is 54.0. The summed E-state index contributed by atoms with van der Waals surface area (Å²) in [7, 11) is 0. The van der Waals surface area contributed by atoms with E-state index in [4.69, 9.17) is 0 Å². The molecule has 2 aromatic carbocycles. The lowest BCUT2D eigenvalue weighted by atomic mass is 10.0. The molecule has 0 radical (unpaired) electrons. The third-order valence-electron chi connectivity index (χ3n) is 4.99. The summed E-state index contributed by atoms with van der Waals surface area (Å²) in [6, 6.07) is 5.00. The Morgan fingerprint density at radius 2 is 1.63 bits per heavy atom. The van der Waals surface area contributed by atoms with E-state index >= 15 is 0 Å². The van der Waals surface area contributed by atoms with Crippen molar-refractivity contribution in [3.8, 4) is 0 Å². The molecular weight excluding hydrogens is 422 g/mol. The van der Waals surface area contributed by atoms with Crippen molar-refractivity contribution in [3.05, 3.63) is 59.2 Å². The first-order chi connectivity index (χ1) is 14.2. The summed E-state index contributed by atoms with van der Waals surface area (Å²) in [6.45, 7) is 0. The lowest BCUT2D eigenvalue weighted by molar-refractivity contribution is -0.142. The summed E-state index contributed by atoms with van der Waals surface area (Å²) in [6.07, 6.45) is 3.17. The summed E-state index contributed by atoms with van der Waals surface area (Å²) in [5.41, 5.74) is -0.195. The third-order valence-corrected chi connectivity index (χ3v) is 6.37. The van der Waals surface area contributed by atoms with E-state index in [0.717, 1.165) is 18.9 Å². The molecule has 1 saturated carbocycles. The van der Waals surface area contributed by atoms with Crippen molar-refractivity contribution >= 4 is 29.3 Å². The number of aliphatic carboxylic acids is 1. The molecule has 0 saturated heterocycles. The summed E-state index contributed by atoms with van der Waals surface area (Å²) >= 11 is 1.25. The Balaban J connectivity index is 1.71. The van der Waals surface area contributed by atoms with Crippen LogP contribution in [0, 0.1) is 29.2 Å². The first kappa shape index (κ1) is 22.1. The molecule has 1 aliphatic carbocycles. The number of hydrogen-bond acceptors (Lipinski definition) is 3. The molecule has 0 heterocycles. The molecule has 2 aromatic rings. The average Bonchev–Trinajstić information content (AvgIpc) is 2.93. The van der Waals surface area contributed by atoms with Crippen molar-refractivity contribution < 1.29 is 32.3 Å². The maximum absolute atomic E-state index is 14.3. The number of rotatable bonds is 5. The van der Waals surface area contributed by atoms with Gasteiger partial charge in [-0.05, 0) is 43.9 Å². The van der Waals surface area contributed by atoms with Crippen LogP contribution in [0.15, 0.2) is 35.2 Å². The van der Waals surface area contributed by atoms with Crippen LogP contribution in [-0.4, -0.2) is 22.2 Å². The van der Waals surface area contributed by atoms with Crippen LogP contribution in [0.2, 0.25) is 0 Å². The van der Waals surface area contributed by atoms with Gasteiger partial charge >= 0.3 is 5.97 Å². The number of anilines is 1. The molecule has 2 N–H and O–H groups in total. The molecule has 160 valence electrons. The van der Waals surface area contributed by atoms with Gasteiger partial charge in [0, 0.05) is 33.5 Å². The van der Waals surface area contributed by atoms with Gasteiger partial charge in [0.2, 0.25) is 0 Å². The second-order valence-electron chi connectivity index (χ2n) is 7.14. The highest BCUT2D eigenvalue weighted by Crippen LogP contribution is 2.36. The maximum Gasteiger partial charge on any atom is 0.306 e. The van der Waals surface area contributed by atoms with Gasteiger partial charge in [0.05, 0.1) is 5.92 Å². The largest absolute Gasteiger partial charge is 0.481 e. The third kappa shape index (κ3) is 5.33.